The van der Waals surface area contributed by atoms with Crippen LogP contribution < -0.4 is 11.1 Å². The summed E-state index contributed by atoms with van der Waals surface area (Å²) in [6, 6.07) is 8.73. The minimum atomic E-state index is 0.145. The molecule has 1 aliphatic rings. The van der Waals surface area contributed by atoms with Crippen molar-refractivity contribution in [1.29, 1.82) is 0 Å². The molecular formula is C17H26N2O. The Balaban J connectivity index is 1.76. The van der Waals surface area contributed by atoms with Gasteiger partial charge in [0.1, 0.15) is 0 Å². The standard InChI is InChI=1S/C17H26N2O/c1-12-6-8-14(9-7-12)13(2)11-19-17(20)10-15-4-3-5-16(15)18/h6-9,13,15-16H,3-5,10-11,18H2,1-2H3,(H,19,20)/t13?,15-,16+/m0/s1. The maximum Gasteiger partial charge on any atom is 0.220 e. The summed E-state index contributed by atoms with van der Waals surface area (Å²) in [6.07, 6.45) is 3.92. The molecular weight excluding hydrogens is 248 g/mol. The summed E-state index contributed by atoms with van der Waals surface area (Å²) < 4.78 is 0. The zero-order chi connectivity index (χ0) is 14.5. The fraction of sp³-hybridized carbons (Fsp3) is 0.588. The van der Waals surface area contributed by atoms with Gasteiger partial charge in [-0.3, -0.25) is 4.79 Å². The number of hydrogen-bond donors (Lipinski definition) is 2. The molecule has 20 heavy (non-hydrogen) atoms. The van der Waals surface area contributed by atoms with Crippen LogP contribution in [0, 0.1) is 12.8 Å². The summed E-state index contributed by atoms with van der Waals surface area (Å²) in [5, 5.41) is 3.05. The van der Waals surface area contributed by atoms with Crippen molar-refractivity contribution in [3.05, 3.63) is 35.4 Å². The van der Waals surface area contributed by atoms with Crippen LogP contribution in [0.1, 0.15) is 49.7 Å². The lowest BCUT2D eigenvalue weighted by Gasteiger charge is -2.17. The molecule has 3 N–H and O–H groups in total. The Morgan fingerprint density at radius 2 is 2.05 bits per heavy atom. The highest BCUT2D eigenvalue weighted by Gasteiger charge is 2.25. The van der Waals surface area contributed by atoms with Gasteiger partial charge in [0, 0.05) is 19.0 Å². The Morgan fingerprint density at radius 1 is 1.35 bits per heavy atom. The highest BCUT2D eigenvalue weighted by Crippen LogP contribution is 2.26. The second-order valence-electron chi connectivity index (χ2n) is 6.17. The van der Waals surface area contributed by atoms with E-state index in [2.05, 4.69) is 43.4 Å². The molecule has 3 atom stereocenters. The predicted octanol–water partition coefficient (Wildman–Crippen LogP) is 2.73. The second kappa shape index (κ2) is 6.89. The monoisotopic (exact) mass is 274 g/mol. The Labute approximate surface area is 121 Å². The third-order valence-corrected chi connectivity index (χ3v) is 4.42. The van der Waals surface area contributed by atoms with Gasteiger partial charge in [-0.1, -0.05) is 43.2 Å². The van der Waals surface area contributed by atoms with Crippen LogP contribution in [0.2, 0.25) is 0 Å². The van der Waals surface area contributed by atoms with Crippen LogP contribution in [0.5, 0.6) is 0 Å². The first-order valence-electron chi connectivity index (χ1n) is 7.65. The second-order valence-corrected chi connectivity index (χ2v) is 6.17. The SMILES string of the molecule is Cc1ccc(C(C)CNC(=O)C[C@@H]2CCC[C@H]2N)cc1. The maximum absolute atomic E-state index is 12.0. The van der Waals surface area contributed by atoms with E-state index in [1.165, 1.54) is 17.5 Å². The van der Waals surface area contributed by atoms with Gasteiger partial charge in [-0.2, -0.15) is 0 Å². The average molecular weight is 274 g/mol. The fourth-order valence-corrected chi connectivity index (χ4v) is 2.91. The lowest BCUT2D eigenvalue weighted by Crippen LogP contribution is -2.33. The topological polar surface area (TPSA) is 55.1 Å². The van der Waals surface area contributed by atoms with E-state index in [9.17, 15) is 4.79 Å². The lowest BCUT2D eigenvalue weighted by molar-refractivity contribution is -0.122. The molecule has 0 heterocycles. The maximum atomic E-state index is 12.0. The quantitative estimate of drug-likeness (QED) is 0.867. The minimum absolute atomic E-state index is 0.145. The number of aryl methyl sites for hydroxylation is 1. The lowest BCUT2D eigenvalue weighted by atomic mass is 9.98. The Morgan fingerprint density at radius 3 is 2.65 bits per heavy atom. The molecule has 3 heteroatoms. The number of hydrogen-bond acceptors (Lipinski definition) is 2. The molecule has 1 saturated carbocycles. The summed E-state index contributed by atoms with van der Waals surface area (Å²) in [6.45, 7) is 4.93. The molecule has 1 aliphatic carbocycles. The van der Waals surface area contributed by atoms with Gasteiger partial charge in [-0.15, -0.1) is 0 Å². The molecule has 0 bridgehead atoms. The van der Waals surface area contributed by atoms with Gasteiger partial charge in [0.15, 0.2) is 0 Å². The third kappa shape index (κ3) is 4.07. The molecule has 1 unspecified atom stereocenters. The molecule has 0 spiro atoms. The fourth-order valence-electron chi connectivity index (χ4n) is 2.91. The first-order chi connectivity index (χ1) is 9.56. The van der Waals surface area contributed by atoms with Crippen molar-refractivity contribution in [3.8, 4) is 0 Å². The molecule has 2 rings (SSSR count). The molecule has 1 aromatic rings. The number of amides is 1. The minimum Gasteiger partial charge on any atom is -0.355 e. The molecule has 3 nitrogen and oxygen atoms in total. The smallest absolute Gasteiger partial charge is 0.220 e. The molecule has 0 radical (unpaired) electrons. The van der Waals surface area contributed by atoms with Gasteiger partial charge in [-0.05, 0) is 37.2 Å². The first-order valence-corrected chi connectivity index (χ1v) is 7.65. The molecule has 110 valence electrons. The van der Waals surface area contributed by atoms with Crippen LogP contribution in [0.3, 0.4) is 0 Å². The molecule has 1 fully saturated rings. The Hall–Kier alpha value is -1.35. The van der Waals surface area contributed by atoms with E-state index in [0.717, 1.165) is 12.8 Å². The van der Waals surface area contributed by atoms with E-state index in [0.29, 0.717) is 24.8 Å². The van der Waals surface area contributed by atoms with Gasteiger partial charge >= 0.3 is 0 Å². The first kappa shape index (κ1) is 15.0. The van der Waals surface area contributed by atoms with E-state index < -0.39 is 0 Å². The molecule has 0 saturated heterocycles. The van der Waals surface area contributed by atoms with Crippen LogP contribution in [0.4, 0.5) is 0 Å². The van der Waals surface area contributed by atoms with Crippen LogP contribution in [0.15, 0.2) is 24.3 Å². The number of carbonyl (C=O) groups is 1. The molecule has 0 aliphatic heterocycles. The van der Waals surface area contributed by atoms with Gasteiger partial charge in [0.05, 0.1) is 0 Å². The van der Waals surface area contributed by atoms with Crippen molar-refractivity contribution in [1.82, 2.24) is 5.32 Å². The molecule has 0 aromatic heterocycles. The van der Waals surface area contributed by atoms with Crippen LogP contribution in [-0.2, 0) is 4.79 Å². The van der Waals surface area contributed by atoms with E-state index in [1.807, 2.05) is 0 Å². The van der Waals surface area contributed by atoms with Crippen molar-refractivity contribution in [3.63, 3.8) is 0 Å². The summed E-state index contributed by atoms with van der Waals surface area (Å²) in [4.78, 5) is 12.0. The summed E-state index contributed by atoms with van der Waals surface area (Å²) in [5.41, 5.74) is 8.54. The van der Waals surface area contributed by atoms with E-state index in [1.54, 1.807) is 0 Å². The summed E-state index contributed by atoms with van der Waals surface area (Å²) in [5.74, 6) is 0.868. The number of benzene rings is 1. The van der Waals surface area contributed by atoms with Crippen molar-refractivity contribution < 1.29 is 4.79 Å². The molecule has 1 amide bonds. The van der Waals surface area contributed by atoms with Crippen molar-refractivity contribution in [2.75, 3.05) is 6.54 Å². The summed E-state index contributed by atoms with van der Waals surface area (Å²) >= 11 is 0. The number of nitrogens with one attached hydrogen (secondary N) is 1. The largest absolute Gasteiger partial charge is 0.355 e. The number of rotatable bonds is 5. The van der Waals surface area contributed by atoms with Gasteiger partial charge in [-0.25, -0.2) is 0 Å². The van der Waals surface area contributed by atoms with Gasteiger partial charge in [0.25, 0.3) is 0 Å². The van der Waals surface area contributed by atoms with Crippen molar-refractivity contribution in [2.24, 2.45) is 11.7 Å². The van der Waals surface area contributed by atoms with E-state index in [4.69, 9.17) is 5.73 Å². The van der Waals surface area contributed by atoms with Crippen molar-refractivity contribution in [2.45, 2.75) is 51.5 Å². The van der Waals surface area contributed by atoms with Crippen LogP contribution in [-0.4, -0.2) is 18.5 Å². The summed E-state index contributed by atoms with van der Waals surface area (Å²) in [7, 11) is 0. The van der Waals surface area contributed by atoms with Crippen molar-refractivity contribution >= 4 is 5.91 Å². The predicted molar refractivity (Wildman–Crippen MR) is 82.5 cm³/mol. The third-order valence-electron chi connectivity index (χ3n) is 4.42. The number of carbonyl (C=O) groups excluding carboxylic acids is 1. The number of nitrogens with two attached hydrogens (primary N) is 1. The average Bonchev–Trinajstić information content (AvgIpc) is 2.82. The normalized spacial score (nSPS) is 23.6. The van der Waals surface area contributed by atoms with Gasteiger partial charge in [0.2, 0.25) is 5.91 Å². The Bertz CT molecular complexity index is 441. The molecule has 1 aromatic carbocycles. The zero-order valence-electron chi connectivity index (χ0n) is 12.6. The highest BCUT2D eigenvalue weighted by atomic mass is 16.1. The zero-order valence-corrected chi connectivity index (χ0v) is 12.6. The Kier molecular flexibility index (Phi) is 5.18. The van der Waals surface area contributed by atoms with E-state index >= 15 is 0 Å². The highest BCUT2D eigenvalue weighted by molar-refractivity contribution is 5.76. The van der Waals surface area contributed by atoms with E-state index in [-0.39, 0.29) is 11.9 Å². The van der Waals surface area contributed by atoms with Crippen LogP contribution in [0.25, 0.3) is 0 Å². The van der Waals surface area contributed by atoms with Gasteiger partial charge < -0.3 is 11.1 Å². The van der Waals surface area contributed by atoms with Crippen LogP contribution >= 0.6 is 0 Å².